The monoisotopic (exact) mass is 301 g/mol. The van der Waals surface area contributed by atoms with E-state index in [0.29, 0.717) is 11.4 Å². The average Bonchev–Trinajstić information content (AvgIpc) is 2.53. The van der Waals surface area contributed by atoms with Crippen molar-refractivity contribution < 1.29 is 9.53 Å². The number of aromatic nitrogens is 1. The van der Waals surface area contributed by atoms with Gasteiger partial charge >= 0.3 is 5.97 Å². The Balaban J connectivity index is 2.37. The van der Waals surface area contributed by atoms with Gasteiger partial charge in [-0.05, 0) is 17.7 Å². The van der Waals surface area contributed by atoms with Crippen LogP contribution in [0.2, 0.25) is 0 Å². The van der Waals surface area contributed by atoms with Crippen LogP contribution in [-0.4, -0.2) is 23.1 Å². The third kappa shape index (κ3) is 3.55. The summed E-state index contributed by atoms with van der Waals surface area (Å²) in [4.78, 5) is 16.3. The topological polar surface area (TPSA) is 77.2 Å². The van der Waals surface area contributed by atoms with Crippen molar-refractivity contribution in [2.45, 2.75) is 6.04 Å². The molecule has 0 aliphatic carbocycles. The highest BCUT2D eigenvalue weighted by Crippen LogP contribution is 2.22. The maximum absolute atomic E-state index is 12.0. The number of hydrogen-bond acceptors (Lipinski definition) is 5. The normalized spacial score (nSPS) is 11.5. The second-order valence-corrected chi connectivity index (χ2v) is 4.71. The van der Waals surface area contributed by atoms with Crippen LogP contribution >= 0.6 is 12.2 Å². The van der Waals surface area contributed by atoms with E-state index in [1.54, 1.807) is 18.3 Å². The van der Waals surface area contributed by atoms with E-state index in [1.807, 2.05) is 30.3 Å². The molecule has 0 saturated carbocycles. The van der Waals surface area contributed by atoms with Crippen LogP contribution in [0.15, 0.2) is 48.7 Å². The zero-order valence-electron chi connectivity index (χ0n) is 11.4. The summed E-state index contributed by atoms with van der Waals surface area (Å²) in [5.41, 5.74) is 7.46. The van der Waals surface area contributed by atoms with Gasteiger partial charge < -0.3 is 15.8 Å². The second-order valence-electron chi connectivity index (χ2n) is 4.28. The lowest BCUT2D eigenvalue weighted by Crippen LogP contribution is -2.24. The van der Waals surface area contributed by atoms with Crippen molar-refractivity contribution in [3.8, 4) is 0 Å². The summed E-state index contributed by atoms with van der Waals surface area (Å²) >= 11 is 4.97. The summed E-state index contributed by atoms with van der Waals surface area (Å²) in [6.07, 6.45) is 1.59. The lowest BCUT2D eigenvalue weighted by Gasteiger charge is -2.19. The highest BCUT2D eigenvalue weighted by atomic mass is 32.1. The van der Waals surface area contributed by atoms with E-state index >= 15 is 0 Å². The highest BCUT2D eigenvalue weighted by molar-refractivity contribution is 7.80. The zero-order valence-corrected chi connectivity index (χ0v) is 12.3. The molecule has 5 nitrogen and oxygen atoms in total. The molecule has 0 aliphatic heterocycles. The molecule has 1 atom stereocenters. The number of ether oxygens (including phenoxy) is 1. The van der Waals surface area contributed by atoms with E-state index in [1.165, 1.54) is 7.11 Å². The molecule has 0 fully saturated rings. The maximum atomic E-state index is 12.0. The molecule has 1 aromatic carbocycles. The molecule has 0 saturated heterocycles. The quantitative estimate of drug-likeness (QED) is 0.650. The third-order valence-electron chi connectivity index (χ3n) is 2.91. The molecule has 1 heterocycles. The van der Waals surface area contributed by atoms with Crippen LogP contribution in [0.1, 0.15) is 17.3 Å². The Morgan fingerprint density at radius 3 is 2.62 bits per heavy atom. The van der Waals surface area contributed by atoms with Gasteiger partial charge in [-0.2, -0.15) is 0 Å². The fourth-order valence-corrected chi connectivity index (χ4v) is 2.08. The Morgan fingerprint density at radius 1 is 1.29 bits per heavy atom. The van der Waals surface area contributed by atoms with Crippen LogP contribution in [0.3, 0.4) is 0 Å². The molecular formula is C15H15N3O2S. The minimum Gasteiger partial charge on any atom is -0.467 e. The van der Waals surface area contributed by atoms with Crippen molar-refractivity contribution in [3.63, 3.8) is 0 Å². The number of methoxy groups -OCH3 is 1. The highest BCUT2D eigenvalue weighted by Gasteiger charge is 2.22. The fraction of sp³-hybridized carbons (Fsp3) is 0.133. The summed E-state index contributed by atoms with van der Waals surface area (Å²) in [5, 5.41) is 3.09. The molecule has 21 heavy (non-hydrogen) atoms. The minimum atomic E-state index is -0.659. The summed E-state index contributed by atoms with van der Waals surface area (Å²) in [6.45, 7) is 0. The smallest absolute Gasteiger partial charge is 0.332 e. The number of pyridine rings is 1. The van der Waals surface area contributed by atoms with Gasteiger partial charge in [-0.3, -0.25) is 4.98 Å². The maximum Gasteiger partial charge on any atom is 0.332 e. The van der Waals surface area contributed by atoms with Gasteiger partial charge in [0, 0.05) is 6.20 Å². The third-order valence-corrected chi connectivity index (χ3v) is 3.10. The van der Waals surface area contributed by atoms with Crippen molar-refractivity contribution in [2.24, 2.45) is 5.73 Å². The van der Waals surface area contributed by atoms with E-state index in [0.717, 1.165) is 5.56 Å². The van der Waals surface area contributed by atoms with Crippen LogP contribution < -0.4 is 11.1 Å². The first kappa shape index (κ1) is 14.9. The van der Waals surface area contributed by atoms with Crippen LogP contribution in [0.25, 0.3) is 0 Å². The first-order valence-corrected chi connectivity index (χ1v) is 6.68. The summed E-state index contributed by atoms with van der Waals surface area (Å²) in [7, 11) is 1.34. The molecule has 0 bridgehead atoms. The molecule has 0 spiro atoms. The Bertz CT molecular complexity index is 646. The van der Waals surface area contributed by atoms with Crippen molar-refractivity contribution in [1.29, 1.82) is 0 Å². The molecule has 2 aromatic rings. The molecule has 0 radical (unpaired) electrons. The number of carbonyl (C=O) groups is 1. The number of esters is 1. The molecule has 108 valence electrons. The molecule has 1 aromatic heterocycles. The number of benzene rings is 1. The van der Waals surface area contributed by atoms with E-state index in [-0.39, 0.29) is 4.99 Å². The minimum absolute atomic E-state index is 0.162. The standard InChI is InChI=1S/C15H15N3O2S/c1-20-15(19)12(10-6-3-2-4-7-10)18-11-8-5-9-17-13(11)14(16)21/h2-9,12,18H,1H3,(H2,16,21). The Morgan fingerprint density at radius 2 is 2.00 bits per heavy atom. The number of anilines is 1. The number of thiocarbonyl (C=S) groups is 1. The Labute approximate surface area is 128 Å². The lowest BCUT2D eigenvalue weighted by atomic mass is 10.1. The molecule has 2 rings (SSSR count). The van der Waals surface area contributed by atoms with Crippen LogP contribution in [0.4, 0.5) is 5.69 Å². The van der Waals surface area contributed by atoms with E-state index in [4.69, 9.17) is 22.7 Å². The van der Waals surface area contributed by atoms with Crippen molar-refractivity contribution in [1.82, 2.24) is 4.98 Å². The fourth-order valence-electron chi connectivity index (χ4n) is 1.92. The Kier molecular flexibility index (Phi) is 4.84. The van der Waals surface area contributed by atoms with Crippen molar-refractivity contribution in [3.05, 3.63) is 59.9 Å². The number of nitrogens with one attached hydrogen (secondary N) is 1. The van der Waals surface area contributed by atoms with Crippen molar-refractivity contribution in [2.75, 3.05) is 12.4 Å². The first-order valence-electron chi connectivity index (χ1n) is 6.27. The number of carbonyl (C=O) groups excluding carboxylic acids is 1. The Hall–Kier alpha value is -2.47. The van der Waals surface area contributed by atoms with Gasteiger partial charge in [0.2, 0.25) is 0 Å². The average molecular weight is 301 g/mol. The van der Waals surface area contributed by atoms with E-state index in [9.17, 15) is 4.79 Å². The molecular weight excluding hydrogens is 286 g/mol. The molecule has 6 heteroatoms. The van der Waals surface area contributed by atoms with Gasteiger partial charge in [0.05, 0.1) is 12.8 Å². The van der Waals surface area contributed by atoms with Crippen LogP contribution in [0.5, 0.6) is 0 Å². The number of nitrogens with two attached hydrogens (primary N) is 1. The summed E-state index contributed by atoms with van der Waals surface area (Å²) < 4.78 is 4.85. The summed E-state index contributed by atoms with van der Waals surface area (Å²) in [5.74, 6) is -0.404. The van der Waals surface area contributed by atoms with E-state index in [2.05, 4.69) is 10.3 Å². The van der Waals surface area contributed by atoms with Gasteiger partial charge in [-0.15, -0.1) is 0 Å². The predicted molar refractivity (Wildman–Crippen MR) is 84.9 cm³/mol. The molecule has 0 amide bonds. The van der Waals surface area contributed by atoms with Gasteiger partial charge in [-0.1, -0.05) is 42.5 Å². The van der Waals surface area contributed by atoms with Gasteiger partial charge in [0.1, 0.15) is 10.7 Å². The van der Waals surface area contributed by atoms with Gasteiger partial charge in [-0.25, -0.2) is 4.79 Å². The van der Waals surface area contributed by atoms with E-state index < -0.39 is 12.0 Å². The van der Waals surface area contributed by atoms with Crippen LogP contribution in [0, 0.1) is 0 Å². The van der Waals surface area contributed by atoms with Crippen LogP contribution in [-0.2, 0) is 9.53 Å². The zero-order chi connectivity index (χ0) is 15.2. The molecule has 0 aliphatic rings. The predicted octanol–water partition coefficient (Wildman–Crippen LogP) is 2.04. The summed E-state index contributed by atoms with van der Waals surface area (Å²) in [6, 6.07) is 12.1. The number of nitrogens with zero attached hydrogens (tertiary/aromatic N) is 1. The second kappa shape index (κ2) is 6.81. The SMILES string of the molecule is COC(=O)C(Nc1cccnc1C(N)=S)c1ccccc1. The van der Waals surface area contributed by atoms with Gasteiger partial charge in [0.25, 0.3) is 0 Å². The lowest BCUT2D eigenvalue weighted by molar-refractivity contribution is -0.141. The largest absolute Gasteiger partial charge is 0.467 e. The molecule has 1 unspecified atom stereocenters. The molecule has 3 N–H and O–H groups in total. The number of rotatable bonds is 5. The number of hydrogen-bond donors (Lipinski definition) is 2. The first-order chi connectivity index (χ1) is 10.1. The van der Waals surface area contributed by atoms with Crippen molar-refractivity contribution >= 4 is 28.9 Å². The van der Waals surface area contributed by atoms with Gasteiger partial charge in [0.15, 0.2) is 6.04 Å².